The van der Waals surface area contributed by atoms with Crippen LogP contribution in [-0.4, -0.2) is 36.0 Å². The summed E-state index contributed by atoms with van der Waals surface area (Å²) >= 11 is 0.927. The van der Waals surface area contributed by atoms with Crippen molar-refractivity contribution in [1.82, 2.24) is 20.9 Å². The molecule has 1 aromatic rings. The van der Waals surface area contributed by atoms with E-state index in [9.17, 15) is 18.0 Å². The Morgan fingerprint density at radius 2 is 2.00 bits per heavy atom. The maximum absolute atomic E-state index is 12.6. The van der Waals surface area contributed by atoms with E-state index in [0.29, 0.717) is 25.5 Å². The van der Waals surface area contributed by atoms with Crippen LogP contribution in [0.25, 0.3) is 0 Å². The molecule has 1 saturated carbocycles. The fourth-order valence-corrected chi connectivity index (χ4v) is 3.57. The van der Waals surface area contributed by atoms with Gasteiger partial charge in [0.05, 0.1) is 6.54 Å². The summed E-state index contributed by atoms with van der Waals surface area (Å²) in [6, 6.07) is 0.279. The van der Waals surface area contributed by atoms with Gasteiger partial charge in [-0.15, -0.1) is 35.3 Å². The Hall–Kier alpha value is -1.11. The quantitative estimate of drug-likeness (QED) is 0.284. The molecule has 1 heterocycles. The Morgan fingerprint density at radius 1 is 1.29 bits per heavy atom. The van der Waals surface area contributed by atoms with Crippen molar-refractivity contribution in [3.63, 3.8) is 0 Å². The number of alkyl halides is 3. The zero-order chi connectivity index (χ0) is 19.7. The van der Waals surface area contributed by atoms with Gasteiger partial charge in [0.2, 0.25) is 5.91 Å². The van der Waals surface area contributed by atoms with Gasteiger partial charge >= 0.3 is 6.18 Å². The summed E-state index contributed by atoms with van der Waals surface area (Å²) in [5.41, 5.74) is -0.893. The molecule has 0 unspecified atom stereocenters. The van der Waals surface area contributed by atoms with Crippen molar-refractivity contribution < 1.29 is 18.0 Å². The van der Waals surface area contributed by atoms with Crippen molar-refractivity contribution in [2.45, 2.75) is 64.2 Å². The number of carbonyl (C=O) groups excluding carboxylic acids is 1. The van der Waals surface area contributed by atoms with E-state index in [0.717, 1.165) is 42.4 Å². The second-order valence-electron chi connectivity index (χ2n) is 6.40. The monoisotopic (exact) mass is 533 g/mol. The molecule has 1 aliphatic rings. The molecule has 11 heteroatoms. The molecule has 1 fully saturated rings. The number of nitrogens with zero attached hydrogens (tertiary/aromatic N) is 2. The number of nitrogens with one attached hydrogen (secondary N) is 3. The van der Waals surface area contributed by atoms with E-state index >= 15 is 0 Å². The van der Waals surface area contributed by atoms with E-state index in [4.69, 9.17) is 0 Å². The predicted molar refractivity (Wildman–Crippen MR) is 115 cm³/mol. The third kappa shape index (κ3) is 8.93. The minimum absolute atomic E-state index is 0. The zero-order valence-corrected chi connectivity index (χ0v) is 18.9. The number of aromatic nitrogens is 1. The van der Waals surface area contributed by atoms with E-state index in [1.807, 2.05) is 6.92 Å². The largest absolute Gasteiger partial charge is 0.434 e. The number of guanidine groups is 1. The number of carbonyl (C=O) groups is 1. The molecule has 0 saturated heterocycles. The highest BCUT2D eigenvalue weighted by atomic mass is 127. The first-order valence-electron chi connectivity index (χ1n) is 9.21. The maximum atomic E-state index is 12.6. The maximum Gasteiger partial charge on any atom is 0.434 e. The van der Waals surface area contributed by atoms with Crippen molar-refractivity contribution in [3.05, 3.63) is 16.1 Å². The molecule has 0 radical (unpaired) electrons. The third-order valence-electron chi connectivity index (χ3n) is 4.17. The molecule has 1 amide bonds. The first-order valence-corrected chi connectivity index (χ1v) is 10.1. The van der Waals surface area contributed by atoms with Crippen LogP contribution >= 0.6 is 35.3 Å². The SMILES string of the molecule is CCNC(=NCc1nc(C(F)(F)F)cs1)NCCC(=O)NC1CCCCC1.I. The second kappa shape index (κ2) is 12.5. The Morgan fingerprint density at radius 3 is 2.61 bits per heavy atom. The van der Waals surface area contributed by atoms with Crippen LogP contribution in [0.5, 0.6) is 0 Å². The number of hydrogen-bond acceptors (Lipinski definition) is 4. The summed E-state index contributed by atoms with van der Waals surface area (Å²) < 4.78 is 37.7. The highest BCUT2D eigenvalue weighted by Crippen LogP contribution is 2.30. The molecule has 1 aromatic heterocycles. The van der Waals surface area contributed by atoms with Crippen LogP contribution in [-0.2, 0) is 17.5 Å². The molecule has 0 spiro atoms. The van der Waals surface area contributed by atoms with Crippen LogP contribution in [0.15, 0.2) is 10.4 Å². The Kier molecular flexibility index (Phi) is 11.1. The van der Waals surface area contributed by atoms with Gasteiger partial charge in [-0.3, -0.25) is 4.79 Å². The van der Waals surface area contributed by atoms with E-state index in [1.165, 1.54) is 6.42 Å². The number of rotatable bonds is 7. The third-order valence-corrected chi connectivity index (χ3v) is 5.01. The minimum atomic E-state index is -4.44. The average molecular weight is 533 g/mol. The van der Waals surface area contributed by atoms with Crippen molar-refractivity contribution >= 4 is 47.2 Å². The molecular weight excluding hydrogens is 506 g/mol. The highest BCUT2D eigenvalue weighted by Gasteiger charge is 2.33. The molecule has 0 aliphatic heterocycles. The fraction of sp³-hybridized carbons (Fsp3) is 0.706. The zero-order valence-electron chi connectivity index (χ0n) is 15.8. The lowest BCUT2D eigenvalue weighted by molar-refractivity contribution is -0.140. The van der Waals surface area contributed by atoms with Crippen molar-refractivity contribution in [2.24, 2.45) is 4.99 Å². The number of hydrogen-bond donors (Lipinski definition) is 3. The molecule has 160 valence electrons. The lowest BCUT2D eigenvalue weighted by Gasteiger charge is -2.22. The Balaban J connectivity index is 0.00000392. The Labute approximate surface area is 184 Å². The smallest absolute Gasteiger partial charge is 0.357 e. The van der Waals surface area contributed by atoms with E-state index in [-0.39, 0.29) is 47.5 Å². The van der Waals surface area contributed by atoms with Gasteiger partial charge in [0.25, 0.3) is 0 Å². The first kappa shape index (κ1) is 24.9. The molecule has 28 heavy (non-hydrogen) atoms. The van der Waals surface area contributed by atoms with Crippen LogP contribution in [0.2, 0.25) is 0 Å². The summed E-state index contributed by atoms with van der Waals surface area (Å²) in [7, 11) is 0. The highest BCUT2D eigenvalue weighted by molar-refractivity contribution is 14.0. The van der Waals surface area contributed by atoms with Gasteiger partial charge in [-0.1, -0.05) is 19.3 Å². The fourth-order valence-electron chi connectivity index (χ4n) is 2.84. The van der Waals surface area contributed by atoms with Crippen LogP contribution in [0.4, 0.5) is 13.2 Å². The van der Waals surface area contributed by atoms with Gasteiger partial charge in [0.1, 0.15) is 5.01 Å². The summed E-state index contributed by atoms with van der Waals surface area (Å²) in [6.07, 6.45) is 1.51. The van der Waals surface area contributed by atoms with Crippen molar-refractivity contribution in [1.29, 1.82) is 0 Å². The second-order valence-corrected chi connectivity index (χ2v) is 7.34. The number of halogens is 4. The van der Waals surface area contributed by atoms with Gasteiger partial charge in [0, 0.05) is 30.9 Å². The van der Waals surface area contributed by atoms with Crippen LogP contribution < -0.4 is 16.0 Å². The van der Waals surface area contributed by atoms with E-state index in [1.54, 1.807) is 0 Å². The van der Waals surface area contributed by atoms with Gasteiger partial charge in [-0.2, -0.15) is 13.2 Å². The molecule has 6 nitrogen and oxygen atoms in total. The van der Waals surface area contributed by atoms with Crippen molar-refractivity contribution in [2.75, 3.05) is 13.1 Å². The van der Waals surface area contributed by atoms with E-state index in [2.05, 4.69) is 25.9 Å². The first-order chi connectivity index (χ1) is 12.9. The lowest BCUT2D eigenvalue weighted by Crippen LogP contribution is -2.41. The molecular formula is C17H27F3IN5OS. The Bertz CT molecular complexity index is 633. The van der Waals surface area contributed by atoms with Crippen LogP contribution in [0.3, 0.4) is 0 Å². The number of thiazole rings is 1. The molecule has 0 bridgehead atoms. The standard InChI is InChI=1S/C17H26F3N5OS.HI/c1-2-21-16(23-10-15-25-13(11-27-15)17(18,19)20)22-9-8-14(26)24-12-6-4-3-5-7-12;/h11-12H,2-10H2,1H3,(H,24,26)(H2,21,22,23);1H. The summed E-state index contributed by atoms with van der Waals surface area (Å²) in [5, 5.41) is 10.4. The molecule has 0 aromatic carbocycles. The molecule has 0 atom stereocenters. The summed E-state index contributed by atoms with van der Waals surface area (Å²) in [5.74, 6) is 0.451. The topological polar surface area (TPSA) is 78.4 Å². The van der Waals surface area contributed by atoms with Crippen LogP contribution in [0.1, 0.15) is 56.2 Å². The van der Waals surface area contributed by atoms with Crippen LogP contribution in [0, 0.1) is 0 Å². The minimum Gasteiger partial charge on any atom is -0.357 e. The normalized spacial score (nSPS) is 15.6. The summed E-state index contributed by atoms with van der Waals surface area (Å²) in [6.45, 7) is 2.93. The predicted octanol–water partition coefficient (Wildman–Crippen LogP) is 3.67. The van der Waals surface area contributed by atoms with E-state index < -0.39 is 11.9 Å². The van der Waals surface area contributed by atoms with Gasteiger partial charge in [-0.25, -0.2) is 9.98 Å². The number of amides is 1. The number of aliphatic imine (C=N–C) groups is 1. The summed E-state index contributed by atoms with van der Waals surface area (Å²) in [4.78, 5) is 19.8. The van der Waals surface area contributed by atoms with Gasteiger partial charge in [0.15, 0.2) is 11.7 Å². The molecule has 3 N–H and O–H groups in total. The molecule has 2 rings (SSSR count). The lowest BCUT2D eigenvalue weighted by atomic mass is 9.95. The molecule has 1 aliphatic carbocycles. The van der Waals surface area contributed by atoms with Gasteiger partial charge < -0.3 is 16.0 Å². The van der Waals surface area contributed by atoms with Crippen molar-refractivity contribution in [3.8, 4) is 0 Å². The van der Waals surface area contributed by atoms with Gasteiger partial charge in [-0.05, 0) is 19.8 Å². The average Bonchev–Trinajstić information content (AvgIpc) is 3.10.